The van der Waals surface area contributed by atoms with Crippen LogP contribution in [0.1, 0.15) is 26.2 Å². The van der Waals surface area contributed by atoms with Gasteiger partial charge in [0.1, 0.15) is 5.70 Å². The Labute approximate surface area is 226 Å². The maximum atomic E-state index is 13.0. The molecule has 2 aromatic rings. The van der Waals surface area contributed by atoms with Crippen LogP contribution in [0.3, 0.4) is 0 Å². The van der Waals surface area contributed by atoms with E-state index in [0.717, 1.165) is 10.8 Å². The van der Waals surface area contributed by atoms with Gasteiger partial charge in [-0.05, 0) is 47.9 Å². The highest BCUT2D eigenvalue weighted by Crippen LogP contribution is 2.30. The molecule has 2 amide bonds. The topological polar surface area (TPSA) is 108 Å². The van der Waals surface area contributed by atoms with E-state index < -0.39 is 9.84 Å². The Morgan fingerprint density at radius 2 is 1.76 bits per heavy atom. The predicted molar refractivity (Wildman–Crippen MR) is 140 cm³/mol. The average molecular weight is 561 g/mol. The number of piperidine rings is 1. The number of halogens is 1. The van der Waals surface area contributed by atoms with Crippen LogP contribution in [0.15, 0.2) is 53.2 Å². The minimum Gasteiger partial charge on any atom is -0.444 e. The van der Waals surface area contributed by atoms with Crippen molar-refractivity contribution >= 4 is 50.0 Å². The second-order valence-corrected chi connectivity index (χ2v) is 12.3. The van der Waals surface area contributed by atoms with Gasteiger partial charge < -0.3 is 24.3 Å². The number of benzene rings is 2. The molecule has 0 N–H and O–H groups in total. The largest absolute Gasteiger partial charge is 0.444 e. The van der Waals surface area contributed by atoms with E-state index in [1.165, 1.54) is 6.92 Å². The minimum absolute atomic E-state index is 0.00908. The Morgan fingerprint density at radius 3 is 2.47 bits per heavy atom. The number of hydrogen-bond acceptors (Lipinski definition) is 8. The molecule has 0 radical (unpaired) electrons. The van der Waals surface area contributed by atoms with Crippen LogP contribution in [0.2, 0.25) is 5.02 Å². The summed E-state index contributed by atoms with van der Waals surface area (Å²) in [4.78, 5) is 44.2. The van der Waals surface area contributed by atoms with Crippen molar-refractivity contribution in [2.45, 2.75) is 37.1 Å². The maximum Gasteiger partial charge on any atom is 0.304 e. The van der Waals surface area contributed by atoms with E-state index in [0.29, 0.717) is 50.0 Å². The molecule has 2 saturated heterocycles. The highest BCUT2D eigenvalue weighted by molar-refractivity contribution is 7.91. The molecule has 0 atom stereocenters. The quantitative estimate of drug-likeness (QED) is 0.475. The van der Waals surface area contributed by atoms with Crippen molar-refractivity contribution in [1.29, 1.82) is 0 Å². The van der Waals surface area contributed by atoms with Gasteiger partial charge in [0, 0.05) is 43.7 Å². The summed E-state index contributed by atoms with van der Waals surface area (Å²) < 4.78 is 30.8. The number of sulfone groups is 1. The van der Waals surface area contributed by atoms with Gasteiger partial charge in [-0.1, -0.05) is 23.7 Å². The van der Waals surface area contributed by atoms with Gasteiger partial charge in [0.15, 0.2) is 16.6 Å². The fourth-order valence-corrected chi connectivity index (χ4v) is 6.58. The second kappa shape index (κ2) is 10.5. The molecule has 3 aliphatic rings. The summed E-state index contributed by atoms with van der Waals surface area (Å²) in [6.07, 6.45) is 2.90. The van der Waals surface area contributed by atoms with Crippen molar-refractivity contribution in [3.63, 3.8) is 0 Å². The predicted octanol–water partition coefficient (Wildman–Crippen LogP) is 2.38. The van der Waals surface area contributed by atoms with E-state index in [4.69, 9.17) is 16.3 Å². The number of fused-ring (bicyclic) bond motifs is 2. The van der Waals surface area contributed by atoms with Crippen LogP contribution in [0.5, 0.6) is 0 Å². The molecule has 0 bridgehead atoms. The second-order valence-electron chi connectivity index (χ2n) is 9.80. The third-order valence-corrected chi connectivity index (χ3v) is 9.16. The molecule has 10 nitrogen and oxygen atoms in total. The Balaban J connectivity index is 1.12. The van der Waals surface area contributed by atoms with Gasteiger partial charge in [0.2, 0.25) is 5.91 Å². The van der Waals surface area contributed by atoms with E-state index in [9.17, 15) is 22.8 Å². The third kappa shape index (κ3) is 5.44. The van der Waals surface area contributed by atoms with Gasteiger partial charge in [-0.25, -0.2) is 8.42 Å². The van der Waals surface area contributed by atoms with Crippen molar-refractivity contribution < 1.29 is 27.5 Å². The van der Waals surface area contributed by atoms with E-state index in [-0.39, 0.29) is 47.6 Å². The first kappa shape index (κ1) is 26.3. The first-order chi connectivity index (χ1) is 18.1. The molecule has 2 aromatic carbocycles. The van der Waals surface area contributed by atoms with Gasteiger partial charge in [-0.15, -0.1) is 0 Å². The minimum atomic E-state index is -3.63. The van der Waals surface area contributed by atoms with Crippen molar-refractivity contribution in [2.75, 3.05) is 38.9 Å². The zero-order valence-corrected chi connectivity index (χ0v) is 22.6. The SMILES string of the molecule is CC(=O)OCN1C=C2C(=O)N(C3CCN(C(=O)CCS(=O)(=O)c4ccc5cc(Cl)ccc5c4)CC3)CN2C1. The molecule has 12 heteroatoms. The number of ether oxygens (including phenoxy) is 1. The lowest BCUT2D eigenvalue weighted by Gasteiger charge is -2.36. The molecule has 5 rings (SSSR count). The number of nitrogens with zero attached hydrogens (tertiary/aromatic N) is 4. The van der Waals surface area contributed by atoms with E-state index in [1.807, 2.05) is 9.80 Å². The Hall–Kier alpha value is -3.31. The average Bonchev–Trinajstić information content (AvgIpc) is 3.44. The van der Waals surface area contributed by atoms with Gasteiger partial charge in [0.25, 0.3) is 5.91 Å². The lowest BCUT2D eigenvalue weighted by molar-refractivity contribution is -0.144. The number of hydrogen-bond donors (Lipinski definition) is 0. The molecular formula is C26H29ClN4O6S. The molecule has 0 aliphatic carbocycles. The summed E-state index contributed by atoms with van der Waals surface area (Å²) in [6.45, 7) is 3.32. The van der Waals surface area contributed by atoms with Crippen LogP contribution in [0.4, 0.5) is 0 Å². The van der Waals surface area contributed by atoms with Crippen LogP contribution in [-0.2, 0) is 29.0 Å². The lowest BCUT2D eigenvalue weighted by Crippen LogP contribution is -2.48. The first-order valence-corrected chi connectivity index (χ1v) is 14.5. The summed E-state index contributed by atoms with van der Waals surface area (Å²) in [6, 6.07) is 10.2. The van der Waals surface area contributed by atoms with Gasteiger partial charge in [0.05, 0.1) is 24.0 Å². The summed E-state index contributed by atoms with van der Waals surface area (Å²) in [5.74, 6) is -0.898. The highest BCUT2D eigenvalue weighted by atomic mass is 35.5. The first-order valence-electron chi connectivity index (χ1n) is 12.5. The molecule has 202 valence electrons. The Bertz CT molecular complexity index is 1420. The smallest absolute Gasteiger partial charge is 0.304 e. The van der Waals surface area contributed by atoms with Gasteiger partial charge in [-0.2, -0.15) is 0 Å². The third-order valence-electron chi connectivity index (χ3n) is 7.21. The van der Waals surface area contributed by atoms with Crippen LogP contribution >= 0.6 is 11.6 Å². The standard InChI is InChI=1S/C26H29ClN4O6S/c1-18(32)37-17-28-14-24-26(34)31(16-30(24)15-28)22-6-9-29(10-7-22)25(33)8-11-38(35,36)23-5-3-19-12-21(27)4-2-20(19)13-23/h2-5,12-14,22H,6-11,15-17H2,1H3. The highest BCUT2D eigenvalue weighted by Gasteiger charge is 2.41. The fraction of sp³-hybridized carbons (Fsp3) is 0.423. The van der Waals surface area contributed by atoms with Crippen LogP contribution in [0.25, 0.3) is 10.8 Å². The zero-order valence-electron chi connectivity index (χ0n) is 21.0. The van der Waals surface area contributed by atoms with Crippen LogP contribution in [-0.4, -0.2) is 90.8 Å². The number of carbonyl (C=O) groups excluding carboxylic acids is 3. The number of esters is 1. The molecule has 0 saturated carbocycles. The summed E-state index contributed by atoms with van der Waals surface area (Å²) in [5, 5.41) is 2.20. The molecule has 3 heterocycles. The molecular weight excluding hydrogens is 532 g/mol. The Morgan fingerprint density at radius 1 is 1.05 bits per heavy atom. The van der Waals surface area contributed by atoms with Crippen molar-refractivity contribution in [3.8, 4) is 0 Å². The number of amides is 2. The fourth-order valence-electron chi connectivity index (χ4n) is 5.14. The molecule has 3 aliphatic heterocycles. The molecule has 0 aromatic heterocycles. The van der Waals surface area contributed by atoms with Gasteiger partial charge >= 0.3 is 5.97 Å². The number of carbonyl (C=O) groups is 3. The Kier molecular flexibility index (Phi) is 7.23. The van der Waals surface area contributed by atoms with Crippen LogP contribution < -0.4 is 0 Å². The van der Waals surface area contributed by atoms with Crippen LogP contribution in [0, 0.1) is 0 Å². The maximum absolute atomic E-state index is 13.0. The van der Waals surface area contributed by atoms with E-state index in [2.05, 4.69) is 0 Å². The molecule has 38 heavy (non-hydrogen) atoms. The monoisotopic (exact) mass is 560 g/mol. The van der Waals surface area contributed by atoms with Crippen molar-refractivity contribution in [1.82, 2.24) is 19.6 Å². The summed E-state index contributed by atoms with van der Waals surface area (Å²) in [7, 11) is -3.63. The van der Waals surface area contributed by atoms with Crippen molar-refractivity contribution in [3.05, 3.63) is 53.3 Å². The van der Waals surface area contributed by atoms with E-state index >= 15 is 0 Å². The number of likely N-dealkylation sites (tertiary alicyclic amines) is 1. The van der Waals surface area contributed by atoms with E-state index in [1.54, 1.807) is 52.4 Å². The van der Waals surface area contributed by atoms with Crippen molar-refractivity contribution in [2.24, 2.45) is 0 Å². The summed E-state index contributed by atoms with van der Waals surface area (Å²) >= 11 is 6.01. The molecule has 2 fully saturated rings. The molecule has 0 unspecified atom stereocenters. The van der Waals surface area contributed by atoms with Gasteiger partial charge in [-0.3, -0.25) is 14.4 Å². The molecule has 0 spiro atoms. The normalized spacial score (nSPS) is 18.3. The lowest BCUT2D eigenvalue weighted by atomic mass is 10.0. The summed E-state index contributed by atoms with van der Waals surface area (Å²) in [5.41, 5.74) is 0.581. The zero-order chi connectivity index (χ0) is 27.0. The number of rotatable bonds is 7.